The lowest BCUT2D eigenvalue weighted by molar-refractivity contribution is 0.0371. The summed E-state index contributed by atoms with van der Waals surface area (Å²) in [5.74, 6) is 0.593. The van der Waals surface area contributed by atoms with Gasteiger partial charge in [0.25, 0.3) is 5.56 Å². The molecule has 166 valence electrons. The zero-order valence-electron chi connectivity index (χ0n) is 17.4. The molecule has 32 heavy (non-hydrogen) atoms. The Morgan fingerprint density at radius 1 is 1.12 bits per heavy atom. The normalized spacial score (nSPS) is 21.1. The minimum Gasteiger partial charge on any atom is -0.378 e. The summed E-state index contributed by atoms with van der Waals surface area (Å²) in [6.45, 7) is 2.71. The number of fused-ring (bicyclic) bond motifs is 4. The first-order valence-corrected chi connectivity index (χ1v) is 11.0. The molecule has 2 aliphatic rings. The number of ether oxygens (including phenoxy) is 1. The Balaban J connectivity index is 1.49. The first kappa shape index (κ1) is 20.0. The lowest BCUT2D eigenvalue weighted by Crippen LogP contribution is -2.63. The number of nitrogens with one attached hydrogen (secondary N) is 2. The number of halogens is 2. The van der Waals surface area contributed by atoms with Crippen LogP contribution in [-0.2, 0) is 18.8 Å². The molecule has 2 bridgehead atoms. The molecule has 2 aliphatic heterocycles. The highest BCUT2D eigenvalue weighted by Gasteiger charge is 2.33. The molecule has 5 heterocycles. The van der Waals surface area contributed by atoms with E-state index in [2.05, 4.69) is 25.5 Å². The summed E-state index contributed by atoms with van der Waals surface area (Å²) in [7, 11) is 3.49. The van der Waals surface area contributed by atoms with Crippen molar-refractivity contribution in [3.8, 4) is 11.3 Å². The number of benzene rings is 1. The molecule has 2 atom stereocenters. The third kappa shape index (κ3) is 2.87. The van der Waals surface area contributed by atoms with Crippen molar-refractivity contribution in [2.75, 3.05) is 31.2 Å². The zero-order valence-corrected chi connectivity index (χ0v) is 18.9. The number of piperazine rings is 1. The maximum absolute atomic E-state index is 13.4. The minimum atomic E-state index is -0.192. The van der Waals surface area contributed by atoms with Crippen LogP contribution in [-0.4, -0.2) is 67.9 Å². The van der Waals surface area contributed by atoms with Crippen molar-refractivity contribution in [1.82, 2.24) is 34.8 Å². The van der Waals surface area contributed by atoms with E-state index < -0.39 is 0 Å². The van der Waals surface area contributed by atoms with Gasteiger partial charge in [0.1, 0.15) is 10.5 Å². The van der Waals surface area contributed by atoms with Crippen LogP contribution < -0.4 is 15.8 Å². The van der Waals surface area contributed by atoms with Crippen LogP contribution in [0.5, 0.6) is 0 Å². The van der Waals surface area contributed by atoms with Crippen molar-refractivity contribution in [1.29, 1.82) is 0 Å². The van der Waals surface area contributed by atoms with Crippen molar-refractivity contribution in [2.45, 2.75) is 12.1 Å². The topological polar surface area (TPSA) is 106 Å². The van der Waals surface area contributed by atoms with E-state index in [4.69, 9.17) is 32.9 Å². The summed E-state index contributed by atoms with van der Waals surface area (Å²) in [5, 5.41) is 17.1. The zero-order chi connectivity index (χ0) is 22.1. The van der Waals surface area contributed by atoms with Gasteiger partial charge in [-0.3, -0.25) is 19.1 Å². The average Bonchev–Trinajstić information content (AvgIpc) is 3.32. The lowest BCUT2D eigenvalue weighted by Gasteiger charge is -2.42. The van der Waals surface area contributed by atoms with Crippen molar-refractivity contribution >= 4 is 51.1 Å². The third-order valence-electron chi connectivity index (χ3n) is 6.18. The fourth-order valence-electron chi connectivity index (χ4n) is 4.69. The molecule has 1 aromatic carbocycles. The molecular formula is C20H20Cl2N8O2. The quantitative estimate of drug-likeness (QED) is 0.455. The van der Waals surface area contributed by atoms with Crippen LogP contribution >= 0.6 is 23.2 Å². The first-order valence-electron chi connectivity index (χ1n) is 10.3. The molecule has 0 aliphatic carbocycles. The summed E-state index contributed by atoms with van der Waals surface area (Å²) in [5.41, 5.74) is 1.97. The number of nitrogens with zero attached hydrogens (tertiary/aromatic N) is 6. The Morgan fingerprint density at radius 2 is 1.88 bits per heavy atom. The van der Waals surface area contributed by atoms with Gasteiger partial charge < -0.3 is 15.0 Å². The molecule has 10 nitrogen and oxygen atoms in total. The molecular weight excluding hydrogens is 455 g/mol. The Kier molecular flexibility index (Phi) is 4.48. The molecule has 3 aromatic heterocycles. The van der Waals surface area contributed by atoms with Crippen LogP contribution in [0.2, 0.25) is 10.2 Å². The van der Waals surface area contributed by atoms with Crippen molar-refractivity contribution < 1.29 is 4.74 Å². The maximum atomic E-state index is 13.4. The van der Waals surface area contributed by atoms with Gasteiger partial charge in [0.05, 0.1) is 34.8 Å². The molecule has 4 aromatic rings. The van der Waals surface area contributed by atoms with Crippen LogP contribution in [0.1, 0.15) is 0 Å². The van der Waals surface area contributed by atoms with Crippen LogP contribution in [0.15, 0.2) is 16.9 Å². The molecule has 6 rings (SSSR count). The van der Waals surface area contributed by atoms with Crippen molar-refractivity contribution in [3.05, 3.63) is 32.7 Å². The summed E-state index contributed by atoms with van der Waals surface area (Å²) >= 11 is 13.1. The van der Waals surface area contributed by atoms with E-state index in [0.29, 0.717) is 75.6 Å². The number of aromatic amines is 1. The van der Waals surface area contributed by atoms with Gasteiger partial charge in [0, 0.05) is 44.8 Å². The van der Waals surface area contributed by atoms with Crippen LogP contribution in [0.3, 0.4) is 0 Å². The summed E-state index contributed by atoms with van der Waals surface area (Å²) < 4.78 is 8.76. The van der Waals surface area contributed by atoms with Gasteiger partial charge in [-0.15, -0.1) is 0 Å². The summed E-state index contributed by atoms with van der Waals surface area (Å²) in [6.07, 6.45) is 0. The monoisotopic (exact) mass is 474 g/mol. The van der Waals surface area contributed by atoms with E-state index >= 15 is 0 Å². The molecule has 2 saturated heterocycles. The Labute approximate surface area is 192 Å². The number of aryl methyl sites for hydroxylation is 1. The molecule has 0 radical (unpaired) electrons. The average molecular weight is 475 g/mol. The second-order valence-electron chi connectivity index (χ2n) is 8.31. The Bertz CT molecular complexity index is 1430. The Morgan fingerprint density at radius 3 is 2.62 bits per heavy atom. The molecule has 0 saturated carbocycles. The van der Waals surface area contributed by atoms with E-state index in [1.165, 1.54) is 0 Å². The molecule has 2 unspecified atom stereocenters. The Hall–Kier alpha value is -2.66. The standard InChI is InChI=1S/C20H20Cl2N8O2/c1-28-19(31)14-16(11-3-4-12-13(15(11)21)17(22)29(2)27-12)25-26-18(14)24-20(28)30-5-9-7-32-8-10(6-30)23-9/h3-4,9-10,23H,5-8H2,1-2H3,(H,25,26). The van der Waals surface area contributed by atoms with Gasteiger partial charge >= 0.3 is 0 Å². The molecule has 0 amide bonds. The van der Waals surface area contributed by atoms with Crippen LogP contribution in [0, 0.1) is 0 Å². The number of rotatable bonds is 2. The molecule has 2 fully saturated rings. The number of hydrogen-bond acceptors (Lipinski definition) is 7. The van der Waals surface area contributed by atoms with Crippen LogP contribution in [0.4, 0.5) is 5.95 Å². The van der Waals surface area contributed by atoms with E-state index in [0.717, 1.165) is 0 Å². The first-order chi connectivity index (χ1) is 15.4. The van der Waals surface area contributed by atoms with Gasteiger partial charge in [-0.05, 0) is 12.1 Å². The second kappa shape index (κ2) is 7.17. The molecule has 2 N–H and O–H groups in total. The number of aromatic nitrogens is 6. The SMILES string of the molecule is Cn1nc2ccc(-c3[nH]nc4nc(N5CC6COCC(C5)N6)n(C)c(=O)c34)c(Cl)c2c1Cl. The fourth-order valence-corrected chi connectivity index (χ4v) is 5.31. The second-order valence-corrected chi connectivity index (χ2v) is 9.05. The van der Waals surface area contributed by atoms with E-state index in [9.17, 15) is 4.79 Å². The van der Waals surface area contributed by atoms with E-state index in [-0.39, 0.29) is 17.6 Å². The maximum Gasteiger partial charge on any atom is 0.266 e. The highest BCUT2D eigenvalue weighted by Crippen LogP contribution is 2.38. The van der Waals surface area contributed by atoms with Crippen molar-refractivity contribution in [3.63, 3.8) is 0 Å². The van der Waals surface area contributed by atoms with Gasteiger partial charge in [-0.1, -0.05) is 23.2 Å². The molecule has 12 heteroatoms. The van der Waals surface area contributed by atoms with E-state index in [1.54, 1.807) is 23.3 Å². The minimum absolute atomic E-state index is 0.192. The predicted molar refractivity (Wildman–Crippen MR) is 123 cm³/mol. The smallest absolute Gasteiger partial charge is 0.266 e. The van der Waals surface area contributed by atoms with Crippen molar-refractivity contribution in [2.24, 2.45) is 14.1 Å². The van der Waals surface area contributed by atoms with Gasteiger partial charge in [-0.2, -0.15) is 15.2 Å². The van der Waals surface area contributed by atoms with Gasteiger partial charge in [0.2, 0.25) is 5.95 Å². The predicted octanol–water partition coefficient (Wildman–Crippen LogP) is 1.69. The van der Waals surface area contributed by atoms with Crippen LogP contribution in [0.25, 0.3) is 33.2 Å². The highest BCUT2D eigenvalue weighted by molar-refractivity contribution is 6.43. The highest BCUT2D eigenvalue weighted by atomic mass is 35.5. The summed E-state index contributed by atoms with van der Waals surface area (Å²) in [6, 6.07) is 4.05. The summed E-state index contributed by atoms with van der Waals surface area (Å²) in [4.78, 5) is 20.3. The fraction of sp³-hybridized carbons (Fsp3) is 0.400. The largest absolute Gasteiger partial charge is 0.378 e. The third-order valence-corrected chi connectivity index (χ3v) is 7.01. The number of anilines is 1. The number of morpholine rings is 1. The number of H-pyrrole nitrogens is 1. The number of hydrogen-bond donors (Lipinski definition) is 2. The van der Waals surface area contributed by atoms with Gasteiger partial charge in [0.15, 0.2) is 5.65 Å². The molecule has 0 spiro atoms. The lowest BCUT2D eigenvalue weighted by atomic mass is 10.1. The van der Waals surface area contributed by atoms with E-state index in [1.807, 2.05) is 12.1 Å². The van der Waals surface area contributed by atoms with Gasteiger partial charge in [-0.25, -0.2) is 0 Å².